The Hall–Kier alpha value is -1.96. The molecular weight excluding hydrogens is 289 g/mol. The zero-order chi connectivity index (χ0) is 16.0. The van der Waals surface area contributed by atoms with Crippen molar-refractivity contribution in [3.8, 4) is 5.75 Å². The molecule has 2 atom stereocenters. The summed E-state index contributed by atoms with van der Waals surface area (Å²) in [7, 11) is 0. The second-order valence-electron chi connectivity index (χ2n) is 4.57. The number of halogens is 3. The van der Waals surface area contributed by atoms with Crippen molar-refractivity contribution in [2.24, 2.45) is 5.92 Å². The lowest BCUT2D eigenvalue weighted by Crippen LogP contribution is -2.40. The molecule has 2 amide bonds. The number of aliphatic hydroxyl groups is 1. The van der Waals surface area contributed by atoms with Crippen LogP contribution in [0.5, 0.6) is 5.75 Å². The van der Waals surface area contributed by atoms with Gasteiger partial charge in [0, 0.05) is 18.7 Å². The lowest BCUT2D eigenvalue weighted by atomic mass is 10.1. The molecule has 1 aromatic carbocycles. The zero-order valence-electron chi connectivity index (χ0n) is 11.6. The monoisotopic (exact) mass is 306 g/mol. The lowest BCUT2D eigenvalue weighted by Gasteiger charge is -2.20. The van der Waals surface area contributed by atoms with E-state index in [1.807, 2.05) is 0 Å². The Kier molecular flexibility index (Phi) is 6.29. The number of anilines is 1. The molecule has 0 radical (unpaired) electrons. The van der Waals surface area contributed by atoms with Gasteiger partial charge >= 0.3 is 12.6 Å². The maximum Gasteiger partial charge on any atom is 0.387 e. The van der Waals surface area contributed by atoms with E-state index in [4.69, 9.17) is 5.11 Å². The number of nitrogens with one attached hydrogen (secondary N) is 2. The Morgan fingerprint density at radius 2 is 2.05 bits per heavy atom. The minimum Gasteiger partial charge on any atom is -0.432 e. The fourth-order valence-electron chi connectivity index (χ4n) is 1.46. The first-order valence-corrected chi connectivity index (χ1v) is 6.26. The molecule has 118 valence electrons. The summed E-state index contributed by atoms with van der Waals surface area (Å²) in [4.78, 5) is 11.7. The molecule has 0 saturated heterocycles. The average Bonchev–Trinajstić information content (AvgIpc) is 2.40. The van der Waals surface area contributed by atoms with Crippen molar-refractivity contribution >= 4 is 11.7 Å². The van der Waals surface area contributed by atoms with E-state index in [2.05, 4.69) is 15.4 Å². The van der Waals surface area contributed by atoms with Gasteiger partial charge in [-0.25, -0.2) is 9.18 Å². The van der Waals surface area contributed by atoms with Crippen molar-refractivity contribution in [3.05, 3.63) is 24.0 Å². The molecule has 0 fully saturated rings. The topological polar surface area (TPSA) is 70.6 Å². The first kappa shape index (κ1) is 17.1. The molecule has 1 aromatic rings. The van der Waals surface area contributed by atoms with Crippen LogP contribution in [0.1, 0.15) is 13.8 Å². The number of urea groups is 1. The molecule has 0 aromatic heterocycles. The number of amides is 2. The maximum absolute atomic E-state index is 13.0. The van der Waals surface area contributed by atoms with Gasteiger partial charge in [0.15, 0.2) is 5.75 Å². The van der Waals surface area contributed by atoms with Gasteiger partial charge in [-0.1, -0.05) is 6.92 Å². The standard InChI is InChI=1S/C13H17F3N2O3/c1-7(6-19)8(2)17-13(20)18-10-4-3-9(14)5-11(10)21-12(15)16/h3-5,7-8,12,19H,6H2,1-2H3,(H2,17,18,20). The van der Waals surface area contributed by atoms with Crippen LogP contribution in [0, 0.1) is 11.7 Å². The van der Waals surface area contributed by atoms with Gasteiger partial charge in [0.05, 0.1) is 5.69 Å². The molecule has 3 N–H and O–H groups in total. The molecule has 8 heteroatoms. The van der Waals surface area contributed by atoms with Crippen molar-refractivity contribution in [3.63, 3.8) is 0 Å². The third kappa shape index (κ3) is 5.50. The van der Waals surface area contributed by atoms with Gasteiger partial charge in [0.25, 0.3) is 0 Å². The van der Waals surface area contributed by atoms with Gasteiger partial charge in [0.1, 0.15) is 5.82 Å². The highest BCUT2D eigenvalue weighted by molar-refractivity contribution is 5.91. The fraction of sp³-hybridized carbons (Fsp3) is 0.462. The highest BCUT2D eigenvalue weighted by Crippen LogP contribution is 2.27. The van der Waals surface area contributed by atoms with Crippen LogP contribution in [0.2, 0.25) is 0 Å². The Balaban J connectivity index is 2.75. The molecule has 0 heterocycles. The smallest absolute Gasteiger partial charge is 0.387 e. The van der Waals surface area contributed by atoms with Crippen LogP contribution in [0.15, 0.2) is 18.2 Å². The number of hydrogen-bond acceptors (Lipinski definition) is 3. The summed E-state index contributed by atoms with van der Waals surface area (Å²) in [5, 5.41) is 13.8. The third-order valence-corrected chi connectivity index (χ3v) is 2.91. The molecule has 5 nitrogen and oxygen atoms in total. The molecule has 0 saturated carbocycles. The first-order valence-electron chi connectivity index (χ1n) is 6.26. The predicted molar refractivity (Wildman–Crippen MR) is 70.9 cm³/mol. The van der Waals surface area contributed by atoms with Crippen LogP contribution in [-0.2, 0) is 0 Å². The number of benzene rings is 1. The van der Waals surface area contributed by atoms with Crippen molar-refractivity contribution in [1.29, 1.82) is 0 Å². The van der Waals surface area contributed by atoms with Crippen LogP contribution in [0.4, 0.5) is 23.7 Å². The van der Waals surface area contributed by atoms with Gasteiger partial charge in [-0.2, -0.15) is 8.78 Å². The Labute approximate surface area is 120 Å². The minimum absolute atomic E-state index is 0.0851. The fourth-order valence-corrected chi connectivity index (χ4v) is 1.46. The van der Waals surface area contributed by atoms with E-state index in [1.165, 1.54) is 0 Å². The van der Waals surface area contributed by atoms with Gasteiger partial charge in [0.2, 0.25) is 0 Å². The largest absolute Gasteiger partial charge is 0.432 e. The van der Waals surface area contributed by atoms with Gasteiger partial charge in [-0.15, -0.1) is 0 Å². The molecular formula is C13H17F3N2O3. The summed E-state index contributed by atoms with van der Waals surface area (Å²) >= 11 is 0. The van der Waals surface area contributed by atoms with Crippen LogP contribution in [0.25, 0.3) is 0 Å². The highest BCUT2D eigenvalue weighted by Gasteiger charge is 2.16. The highest BCUT2D eigenvalue weighted by atomic mass is 19.3. The average molecular weight is 306 g/mol. The zero-order valence-corrected chi connectivity index (χ0v) is 11.6. The summed E-state index contributed by atoms with van der Waals surface area (Å²) in [6, 6.07) is 1.87. The van der Waals surface area contributed by atoms with E-state index in [9.17, 15) is 18.0 Å². The number of hydrogen-bond donors (Lipinski definition) is 3. The SMILES string of the molecule is CC(CO)C(C)NC(=O)Nc1ccc(F)cc1OC(F)F. The van der Waals surface area contributed by atoms with Gasteiger partial charge in [-0.3, -0.25) is 0 Å². The normalized spacial score (nSPS) is 13.7. The summed E-state index contributed by atoms with van der Waals surface area (Å²) in [6.45, 7) is 0.164. The molecule has 0 aliphatic heterocycles. The van der Waals surface area contributed by atoms with Crippen molar-refractivity contribution in [2.75, 3.05) is 11.9 Å². The van der Waals surface area contributed by atoms with Crippen LogP contribution in [-0.4, -0.2) is 30.4 Å². The van der Waals surface area contributed by atoms with Crippen molar-refractivity contribution in [2.45, 2.75) is 26.5 Å². The number of carbonyl (C=O) groups is 1. The lowest BCUT2D eigenvalue weighted by molar-refractivity contribution is -0.0495. The summed E-state index contributed by atoms with van der Waals surface area (Å²) < 4.78 is 41.6. The quantitative estimate of drug-likeness (QED) is 0.756. The molecule has 1 rings (SSSR count). The van der Waals surface area contributed by atoms with Crippen LogP contribution < -0.4 is 15.4 Å². The molecule has 0 aliphatic rings. The number of rotatable bonds is 6. The van der Waals surface area contributed by atoms with Crippen LogP contribution in [0.3, 0.4) is 0 Å². The Bertz CT molecular complexity index is 486. The second kappa shape index (κ2) is 7.72. The van der Waals surface area contributed by atoms with E-state index >= 15 is 0 Å². The van der Waals surface area contributed by atoms with E-state index in [0.29, 0.717) is 0 Å². The Morgan fingerprint density at radius 3 is 2.62 bits per heavy atom. The summed E-state index contributed by atoms with van der Waals surface area (Å²) in [6.07, 6.45) is 0. The molecule has 0 spiro atoms. The van der Waals surface area contributed by atoms with E-state index < -0.39 is 24.2 Å². The molecule has 2 unspecified atom stereocenters. The molecule has 0 bridgehead atoms. The maximum atomic E-state index is 13.0. The number of alkyl halides is 2. The van der Waals surface area contributed by atoms with Gasteiger partial charge in [-0.05, 0) is 25.0 Å². The number of ether oxygens (including phenoxy) is 1. The Morgan fingerprint density at radius 1 is 1.38 bits per heavy atom. The van der Waals surface area contributed by atoms with E-state index in [0.717, 1.165) is 18.2 Å². The third-order valence-electron chi connectivity index (χ3n) is 2.91. The van der Waals surface area contributed by atoms with Crippen molar-refractivity contribution < 1.29 is 27.8 Å². The molecule has 0 aliphatic carbocycles. The van der Waals surface area contributed by atoms with Gasteiger partial charge < -0.3 is 20.5 Å². The van der Waals surface area contributed by atoms with Crippen LogP contribution >= 0.6 is 0 Å². The van der Waals surface area contributed by atoms with E-state index in [1.54, 1.807) is 13.8 Å². The first-order chi connectivity index (χ1) is 9.83. The van der Waals surface area contributed by atoms with E-state index in [-0.39, 0.29) is 24.3 Å². The van der Waals surface area contributed by atoms with Crippen molar-refractivity contribution in [1.82, 2.24) is 5.32 Å². The number of aliphatic hydroxyl groups excluding tert-OH is 1. The summed E-state index contributed by atoms with van der Waals surface area (Å²) in [5.74, 6) is -1.41. The molecule has 21 heavy (non-hydrogen) atoms. The predicted octanol–water partition coefficient (Wildman–Crippen LogP) is 2.57. The summed E-state index contributed by atoms with van der Waals surface area (Å²) in [5.41, 5.74) is -0.0851. The minimum atomic E-state index is -3.14. The second-order valence-corrected chi connectivity index (χ2v) is 4.57. The number of carbonyl (C=O) groups excluding carboxylic acids is 1.